The largest absolute Gasteiger partial charge is 0.444 e. The van der Waals surface area contributed by atoms with E-state index < -0.39 is 16.6 Å². The maximum absolute atomic E-state index is 11.6. The summed E-state index contributed by atoms with van der Waals surface area (Å²) in [6.07, 6.45) is 1.17. The second kappa shape index (κ2) is 9.27. The summed E-state index contributed by atoms with van der Waals surface area (Å²) >= 11 is 0. The monoisotopic (exact) mass is 387 g/mol. The first-order valence-corrected chi connectivity index (χ1v) is 8.90. The van der Waals surface area contributed by atoms with Crippen LogP contribution in [0.25, 0.3) is 11.1 Å². The molecule has 150 valence electrons. The molecule has 1 N–H and O–H groups in total. The van der Waals surface area contributed by atoms with Crippen molar-refractivity contribution >= 4 is 11.8 Å². The first kappa shape index (κ1) is 21.3. The lowest BCUT2D eigenvalue weighted by Gasteiger charge is -2.19. The Hall–Kier alpha value is -3.00. The fourth-order valence-electron chi connectivity index (χ4n) is 2.40. The smallest absolute Gasteiger partial charge is 0.407 e. The van der Waals surface area contributed by atoms with Gasteiger partial charge in [-0.05, 0) is 51.0 Å². The normalized spacial score (nSPS) is 11.1. The topological polar surface area (TPSA) is 104 Å². The first-order valence-electron chi connectivity index (χ1n) is 8.90. The molecule has 2 aromatic rings. The number of pyridine rings is 1. The van der Waals surface area contributed by atoms with Gasteiger partial charge in [-0.3, -0.25) is 15.1 Å². The molecule has 0 aliphatic carbocycles. The van der Waals surface area contributed by atoms with Crippen molar-refractivity contribution in [3.63, 3.8) is 0 Å². The molecule has 0 bridgehead atoms. The van der Waals surface area contributed by atoms with Crippen molar-refractivity contribution in [2.24, 2.45) is 0 Å². The number of non-ortho nitro benzene ring substituents is 1. The van der Waals surface area contributed by atoms with E-state index in [0.29, 0.717) is 11.1 Å². The molecule has 0 saturated heterocycles. The second-order valence-corrected chi connectivity index (χ2v) is 7.31. The number of nitrogens with one attached hydrogen (secondary N) is 1. The first-order chi connectivity index (χ1) is 13.1. The maximum Gasteiger partial charge on any atom is 0.407 e. The van der Waals surface area contributed by atoms with Gasteiger partial charge < -0.3 is 14.8 Å². The summed E-state index contributed by atoms with van der Waals surface area (Å²) in [6, 6.07) is 8.55. The lowest BCUT2D eigenvalue weighted by atomic mass is 10.0. The van der Waals surface area contributed by atoms with Crippen LogP contribution in [-0.4, -0.2) is 34.8 Å². The van der Waals surface area contributed by atoms with Gasteiger partial charge in [0.05, 0.1) is 18.1 Å². The van der Waals surface area contributed by atoms with Gasteiger partial charge in [-0.25, -0.2) is 4.79 Å². The van der Waals surface area contributed by atoms with Crippen LogP contribution in [0.3, 0.4) is 0 Å². The summed E-state index contributed by atoms with van der Waals surface area (Å²) in [5, 5.41) is 13.8. The lowest BCUT2D eigenvalue weighted by Crippen LogP contribution is -2.34. The molecule has 0 aliphatic rings. The number of benzene rings is 1. The fourth-order valence-corrected chi connectivity index (χ4v) is 2.40. The SMILES string of the molecule is Cc1ccc(-c2cc(COCCNC(=O)OC(C)(C)C)cc([N+](=O)[O-])c2)cn1. The third kappa shape index (κ3) is 6.96. The number of nitrogens with zero attached hydrogens (tertiary/aromatic N) is 2. The zero-order valence-corrected chi connectivity index (χ0v) is 16.5. The van der Waals surface area contributed by atoms with E-state index in [-0.39, 0.29) is 25.4 Å². The van der Waals surface area contributed by atoms with Gasteiger partial charge in [-0.2, -0.15) is 0 Å². The summed E-state index contributed by atoms with van der Waals surface area (Å²) in [7, 11) is 0. The molecule has 1 amide bonds. The molecule has 1 aromatic carbocycles. The van der Waals surface area contributed by atoms with Gasteiger partial charge in [-0.15, -0.1) is 0 Å². The van der Waals surface area contributed by atoms with Gasteiger partial charge in [0.25, 0.3) is 5.69 Å². The zero-order chi connectivity index (χ0) is 20.7. The Bertz CT molecular complexity index is 829. The Morgan fingerprint density at radius 1 is 1.21 bits per heavy atom. The van der Waals surface area contributed by atoms with Crippen LogP contribution >= 0.6 is 0 Å². The molecule has 8 heteroatoms. The number of ether oxygens (including phenoxy) is 2. The van der Waals surface area contributed by atoms with E-state index in [1.165, 1.54) is 12.1 Å². The Morgan fingerprint density at radius 2 is 1.96 bits per heavy atom. The third-order valence-electron chi connectivity index (χ3n) is 3.62. The molecule has 0 unspecified atom stereocenters. The number of nitro groups is 1. The Kier molecular flexibility index (Phi) is 7.06. The maximum atomic E-state index is 11.6. The van der Waals surface area contributed by atoms with Crippen molar-refractivity contribution in [1.29, 1.82) is 0 Å². The summed E-state index contributed by atoms with van der Waals surface area (Å²) in [5.41, 5.74) is 2.46. The molecule has 1 heterocycles. The summed E-state index contributed by atoms with van der Waals surface area (Å²) in [5.74, 6) is 0. The number of nitro benzene ring substituents is 1. The van der Waals surface area contributed by atoms with Crippen molar-refractivity contribution in [2.75, 3.05) is 13.2 Å². The van der Waals surface area contributed by atoms with Crippen molar-refractivity contribution in [3.8, 4) is 11.1 Å². The van der Waals surface area contributed by atoms with Crippen molar-refractivity contribution in [2.45, 2.75) is 39.9 Å². The minimum Gasteiger partial charge on any atom is -0.444 e. The highest BCUT2D eigenvalue weighted by atomic mass is 16.6. The molecule has 0 atom stereocenters. The zero-order valence-electron chi connectivity index (χ0n) is 16.5. The molecular formula is C20H25N3O5. The van der Waals surface area contributed by atoms with Gasteiger partial charge in [0, 0.05) is 36.1 Å². The van der Waals surface area contributed by atoms with Gasteiger partial charge >= 0.3 is 6.09 Å². The van der Waals surface area contributed by atoms with Crippen LogP contribution in [-0.2, 0) is 16.1 Å². The van der Waals surface area contributed by atoms with Crippen LogP contribution in [0.2, 0.25) is 0 Å². The predicted molar refractivity (Wildman–Crippen MR) is 105 cm³/mol. The number of rotatable bonds is 7. The molecule has 0 radical (unpaired) electrons. The standard InChI is InChI=1S/C20H25N3O5/c1-14-5-6-16(12-22-14)17-9-15(10-18(11-17)23(25)26)13-27-8-7-21-19(24)28-20(2,3)4/h5-6,9-12H,7-8,13H2,1-4H3,(H,21,24). The van der Waals surface area contributed by atoms with E-state index in [4.69, 9.17) is 9.47 Å². The van der Waals surface area contributed by atoms with Gasteiger partial charge in [-0.1, -0.05) is 6.07 Å². The molecule has 0 saturated carbocycles. The molecule has 0 aliphatic heterocycles. The molecule has 8 nitrogen and oxygen atoms in total. The van der Waals surface area contributed by atoms with Crippen LogP contribution < -0.4 is 5.32 Å². The predicted octanol–water partition coefficient (Wildman–Crippen LogP) is 4.01. The van der Waals surface area contributed by atoms with E-state index in [9.17, 15) is 14.9 Å². The number of carbonyl (C=O) groups excluding carboxylic acids is 1. The van der Waals surface area contributed by atoms with Crippen LogP contribution in [0.4, 0.5) is 10.5 Å². The Balaban J connectivity index is 1.96. The summed E-state index contributed by atoms with van der Waals surface area (Å²) in [4.78, 5) is 26.6. The Morgan fingerprint density at radius 3 is 2.57 bits per heavy atom. The summed E-state index contributed by atoms with van der Waals surface area (Å²) in [6.45, 7) is 7.94. The lowest BCUT2D eigenvalue weighted by molar-refractivity contribution is -0.384. The van der Waals surface area contributed by atoms with Crippen molar-refractivity contribution < 1.29 is 19.2 Å². The number of hydrogen-bond acceptors (Lipinski definition) is 6. The van der Waals surface area contributed by atoms with E-state index in [1.54, 1.807) is 27.0 Å². The quantitative estimate of drug-likeness (QED) is 0.437. The van der Waals surface area contributed by atoms with E-state index in [0.717, 1.165) is 11.3 Å². The van der Waals surface area contributed by atoms with Gasteiger partial charge in [0.1, 0.15) is 5.60 Å². The van der Waals surface area contributed by atoms with Gasteiger partial charge in [0.15, 0.2) is 0 Å². The number of hydrogen-bond donors (Lipinski definition) is 1. The highest BCUT2D eigenvalue weighted by Crippen LogP contribution is 2.26. The number of amides is 1. The molecule has 2 rings (SSSR count). The molecule has 0 fully saturated rings. The van der Waals surface area contributed by atoms with E-state index in [1.807, 2.05) is 25.1 Å². The fraction of sp³-hybridized carbons (Fsp3) is 0.400. The van der Waals surface area contributed by atoms with E-state index >= 15 is 0 Å². The van der Waals surface area contributed by atoms with Gasteiger partial charge in [0.2, 0.25) is 0 Å². The molecular weight excluding hydrogens is 362 g/mol. The minimum atomic E-state index is -0.560. The highest BCUT2D eigenvalue weighted by molar-refractivity contribution is 5.67. The number of carbonyl (C=O) groups is 1. The Labute approximate surface area is 164 Å². The van der Waals surface area contributed by atoms with Crippen LogP contribution in [0, 0.1) is 17.0 Å². The molecule has 0 spiro atoms. The average Bonchev–Trinajstić information content (AvgIpc) is 2.60. The highest BCUT2D eigenvalue weighted by Gasteiger charge is 2.15. The van der Waals surface area contributed by atoms with Crippen LogP contribution in [0.5, 0.6) is 0 Å². The molecule has 28 heavy (non-hydrogen) atoms. The summed E-state index contributed by atoms with van der Waals surface area (Å²) < 4.78 is 10.7. The minimum absolute atomic E-state index is 0.0106. The van der Waals surface area contributed by atoms with Crippen LogP contribution in [0.1, 0.15) is 32.0 Å². The average molecular weight is 387 g/mol. The van der Waals surface area contributed by atoms with Crippen LogP contribution in [0.15, 0.2) is 36.5 Å². The van der Waals surface area contributed by atoms with E-state index in [2.05, 4.69) is 10.3 Å². The number of alkyl carbamates (subject to hydrolysis) is 1. The molecule has 1 aromatic heterocycles. The third-order valence-corrected chi connectivity index (χ3v) is 3.62. The second-order valence-electron chi connectivity index (χ2n) is 7.31. The number of aromatic nitrogens is 1. The van der Waals surface area contributed by atoms with Crippen molar-refractivity contribution in [3.05, 3.63) is 57.9 Å². The van der Waals surface area contributed by atoms with Crippen molar-refractivity contribution in [1.82, 2.24) is 10.3 Å². The number of aryl methyl sites for hydroxylation is 1.